The van der Waals surface area contributed by atoms with Crippen molar-refractivity contribution in [2.45, 2.75) is 20.3 Å². The molecule has 2 aromatic rings. The number of nitrogens with one attached hydrogen (secondary N) is 2. The highest BCUT2D eigenvalue weighted by atomic mass is 16.6. The van der Waals surface area contributed by atoms with Gasteiger partial charge in [0, 0.05) is 17.3 Å². The second-order valence-electron chi connectivity index (χ2n) is 5.63. The molecule has 0 saturated carbocycles. The molecule has 0 atom stereocenters. The predicted octanol–water partition coefficient (Wildman–Crippen LogP) is 1.55. The monoisotopic (exact) mass is 389 g/mol. The lowest BCUT2D eigenvalue weighted by Crippen LogP contribution is -2.24. The number of aromatic nitrogens is 2. The van der Waals surface area contributed by atoms with E-state index in [9.17, 15) is 19.7 Å². The van der Waals surface area contributed by atoms with Crippen LogP contribution in [0, 0.1) is 17.0 Å². The number of ether oxygens (including phenoxy) is 2. The maximum Gasteiger partial charge on any atom is 0.345 e. The molecule has 1 aromatic heterocycles. The molecule has 0 bridgehead atoms. The van der Waals surface area contributed by atoms with E-state index in [1.165, 1.54) is 31.5 Å². The summed E-state index contributed by atoms with van der Waals surface area (Å²) in [7, 11) is 1.36. The zero-order valence-corrected chi connectivity index (χ0v) is 15.5. The van der Waals surface area contributed by atoms with Crippen LogP contribution >= 0.6 is 0 Å². The number of hydrogen-bond donors (Lipinski definition) is 2. The van der Waals surface area contributed by atoms with E-state index < -0.39 is 16.5 Å². The lowest BCUT2D eigenvalue weighted by Gasteiger charge is -2.11. The molecule has 1 heterocycles. The van der Waals surface area contributed by atoms with Gasteiger partial charge in [-0.3, -0.25) is 14.9 Å². The second kappa shape index (κ2) is 9.26. The summed E-state index contributed by atoms with van der Waals surface area (Å²) in [6.45, 7) is 3.78. The topological polar surface area (TPSA) is 149 Å². The number of hydrogen-bond acceptors (Lipinski definition) is 8. The van der Waals surface area contributed by atoms with E-state index in [1.54, 1.807) is 6.92 Å². The van der Waals surface area contributed by atoms with E-state index >= 15 is 0 Å². The van der Waals surface area contributed by atoms with Crippen LogP contribution in [0.15, 0.2) is 28.1 Å². The number of methoxy groups -OCH3 is 1. The van der Waals surface area contributed by atoms with Crippen molar-refractivity contribution in [3.63, 3.8) is 0 Å². The molecular formula is C17H19N5O6. The Morgan fingerprint density at radius 3 is 2.79 bits per heavy atom. The second-order valence-corrected chi connectivity index (χ2v) is 5.63. The summed E-state index contributed by atoms with van der Waals surface area (Å²) in [5.41, 5.74) is 1.94. The first-order valence-electron chi connectivity index (χ1n) is 8.26. The van der Waals surface area contributed by atoms with Crippen LogP contribution in [0.3, 0.4) is 0 Å². The van der Waals surface area contributed by atoms with Crippen LogP contribution in [0.2, 0.25) is 0 Å². The number of H-pyrrole nitrogens is 1. The Kier molecular flexibility index (Phi) is 6.79. The molecule has 0 fully saturated rings. The quantitative estimate of drug-likeness (QED) is 0.395. The van der Waals surface area contributed by atoms with Crippen LogP contribution in [-0.2, 0) is 0 Å². The highest BCUT2D eigenvalue weighted by Crippen LogP contribution is 2.38. The van der Waals surface area contributed by atoms with Crippen molar-refractivity contribution in [2.24, 2.45) is 5.10 Å². The number of aromatic amines is 1. The lowest BCUT2D eigenvalue weighted by atomic mass is 10.2. The molecule has 1 aromatic carbocycles. The van der Waals surface area contributed by atoms with Crippen LogP contribution in [0.5, 0.6) is 11.5 Å². The minimum Gasteiger partial charge on any atom is -0.493 e. The number of amides is 1. The van der Waals surface area contributed by atoms with Crippen LogP contribution in [0.1, 0.15) is 35.1 Å². The summed E-state index contributed by atoms with van der Waals surface area (Å²) in [5.74, 6) is -0.504. The van der Waals surface area contributed by atoms with E-state index in [0.717, 1.165) is 0 Å². The molecule has 0 saturated heterocycles. The summed E-state index contributed by atoms with van der Waals surface area (Å²) in [6.07, 6.45) is 1.88. The maximum atomic E-state index is 12.0. The fourth-order valence-electron chi connectivity index (χ4n) is 2.24. The predicted molar refractivity (Wildman–Crippen MR) is 100 cm³/mol. The Bertz CT molecular complexity index is 969. The van der Waals surface area contributed by atoms with Crippen LogP contribution in [0.4, 0.5) is 5.69 Å². The molecule has 2 rings (SSSR count). The Balaban J connectivity index is 2.25. The van der Waals surface area contributed by atoms with Gasteiger partial charge < -0.3 is 14.5 Å². The summed E-state index contributed by atoms with van der Waals surface area (Å²) < 4.78 is 10.6. The van der Waals surface area contributed by atoms with Gasteiger partial charge in [-0.1, -0.05) is 6.92 Å². The fourth-order valence-corrected chi connectivity index (χ4v) is 2.24. The van der Waals surface area contributed by atoms with Gasteiger partial charge in [-0.05, 0) is 25.5 Å². The van der Waals surface area contributed by atoms with Gasteiger partial charge in [-0.2, -0.15) is 10.1 Å². The first kappa shape index (κ1) is 20.6. The minimum atomic E-state index is -0.699. The van der Waals surface area contributed by atoms with Crippen LogP contribution in [-0.4, -0.2) is 40.7 Å². The standard InChI is InChI=1S/C17H19N5O6/c1-4-5-28-15-13(22(25)26)7-11(8-14(15)27-3)9-18-21-16(23)12-6-10(2)19-17(24)20-12/h6-9H,4-5H2,1-3H3,(H,21,23)(H,19,20,24)/b18-9+. The van der Waals surface area contributed by atoms with Crippen molar-refractivity contribution in [2.75, 3.05) is 13.7 Å². The first-order valence-corrected chi connectivity index (χ1v) is 8.26. The normalized spacial score (nSPS) is 10.7. The third kappa shape index (κ3) is 5.13. The molecule has 0 radical (unpaired) electrons. The smallest absolute Gasteiger partial charge is 0.345 e. The van der Waals surface area contributed by atoms with Crippen molar-refractivity contribution < 1.29 is 19.2 Å². The van der Waals surface area contributed by atoms with Gasteiger partial charge >= 0.3 is 11.4 Å². The first-order chi connectivity index (χ1) is 13.3. The van der Waals surface area contributed by atoms with E-state index in [0.29, 0.717) is 24.3 Å². The van der Waals surface area contributed by atoms with Crippen molar-refractivity contribution in [1.29, 1.82) is 0 Å². The Morgan fingerprint density at radius 1 is 1.43 bits per heavy atom. The van der Waals surface area contributed by atoms with E-state index in [-0.39, 0.29) is 22.9 Å². The molecule has 28 heavy (non-hydrogen) atoms. The van der Waals surface area contributed by atoms with Gasteiger partial charge in [0.05, 0.1) is 24.9 Å². The van der Waals surface area contributed by atoms with Crippen LogP contribution < -0.4 is 20.6 Å². The molecular weight excluding hydrogens is 370 g/mol. The summed E-state index contributed by atoms with van der Waals surface area (Å²) in [4.78, 5) is 40.1. The van der Waals surface area contributed by atoms with E-state index in [1.807, 2.05) is 6.92 Å². The highest BCUT2D eigenvalue weighted by molar-refractivity contribution is 5.93. The van der Waals surface area contributed by atoms with Crippen LogP contribution in [0.25, 0.3) is 0 Å². The number of carbonyl (C=O) groups is 1. The number of nitro groups is 1. The molecule has 11 heteroatoms. The van der Waals surface area contributed by atoms with Gasteiger partial charge in [0.2, 0.25) is 5.75 Å². The fraction of sp³-hybridized carbons (Fsp3) is 0.294. The molecule has 0 aliphatic heterocycles. The number of rotatable bonds is 8. The molecule has 2 N–H and O–H groups in total. The largest absolute Gasteiger partial charge is 0.493 e. The number of hydrazone groups is 1. The number of carbonyl (C=O) groups excluding carboxylic acids is 1. The Hall–Kier alpha value is -3.76. The zero-order chi connectivity index (χ0) is 20.7. The maximum absolute atomic E-state index is 12.0. The third-order valence-electron chi connectivity index (χ3n) is 3.42. The van der Waals surface area contributed by atoms with E-state index in [2.05, 4.69) is 20.5 Å². The molecule has 0 spiro atoms. The molecule has 148 valence electrons. The average Bonchev–Trinajstić information content (AvgIpc) is 2.65. The highest BCUT2D eigenvalue weighted by Gasteiger charge is 2.22. The number of benzene rings is 1. The lowest BCUT2D eigenvalue weighted by molar-refractivity contribution is -0.386. The summed E-state index contributed by atoms with van der Waals surface area (Å²) in [6, 6.07) is 4.13. The van der Waals surface area contributed by atoms with Gasteiger partial charge in [-0.15, -0.1) is 0 Å². The molecule has 0 aliphatic carbocycles. The third-order valence-corrected chi connectivity index (χ3v) is 3.42. The average molecular weight is 389 g/mol. The van der Waals surface area contributed by atoms with Crippen molar-refractivity contribution in [3.05, 3.63) is 55.7 Å². The van der Waals surface area contributed by atoms with Gasteiger partial charge in [-0.25, -0.2) is 10.2 Å². The molecule has 1 amide bonds. The summed E-state index contributed by atoms with van der Waals surface area (Å²) >= 11 is 0. The van der Waals surface area contributed by atoms with Gasteiger partial charge in [0.25, 0.3) is 5.91 Å². The van der Waals surface area contributed by atoms with Crippen molar-refractivity contribution >= 4 is 17.8 Å². The Labute approximate surface area is 159 Å². The molecule has 11 nitrogen and oxygen atoms in total. The summed E-state index contributed by atoms with van der Waals surface area (Å²) in [5, 5.41) is 15.1. The van der Waals surface area contributed by atoms with Gasteiger partial charge in [0.15, 0.2) is 5.75 Å². The van der Waals surface area contributed by atoms with E-state index in [4.69, 9.17) is 9.47 Å². The Morgan fingerprint density at radius 2 is 2.18 bits per heavy atom. The SMILES string of the molecule is CCCOc1c(OC)cc(/C=N/NC(=O)c2cc(C)[nH]c(=O)n2)cc1[N+](=O)[O-]. The number of aryl methyl sites for hydroxylation is 1. The number of nitro benzene ring substituents is 1. The zero-order valence-electron chi connectivity index (χ0n) is 15.5. The van der Waals surface area contributed by atoms with Gasteiger partial charge in [0.1, 0.15) is 5.69 Å². The van der Waals surface area contributed by atoms with Crippen molar-refractivity contribution in [3.8, 4) is 11.5 Å². The molecule has 0 aliphatic rings. The van der Waals surface area contributed by atoms with Crippen molar-refractivity contribution in [1.82, 2.24) is 15.4 Å². The minimum absolute atomic E-state index is 0.0266. The number of nitrogens with zero attached hydrogens (tertiary/aromatic N) is 3. The molecule has 0 unspecified atom stereocenters.